The van der Waals surface area contributed by atoms with Crippen molar-refractivity contribution in [2.75, 3.05) is 11.9 Å². The number of aliphatic hydroxyl groups excluding tert-OH is 1. The van der Waals surface area contributed by atoms with Gasteiger partial charge in [0.1, 0.15) is 5.75 Å². The van der Waals surface area contributed by atoms with E-state index in [-0.39, 0.29) is 18.3 Å². The van der Waals surface area contributed by atoms with Gasteiger partial charge in [-0.25, -0.2) is 0 Å². The molecule has 2 aromatic carbocycles. The molecule has 0 spiro atoms. The van der Waals surface area contributed by atoms with Crippen molar-refractivity contribution in [2.24, 2.45) is 10.7 Å². The van der Waals surface area contributed by atoms with Gasteiger partial charge in [-0.3, -0.25) is 4.99 Å². The number of nitrogens with one attached hydrogen (secondary N) is 1. The van der Waals surface area contributed by atoms with E-state index in [2.05, 4.69) is 15.0 Å². The van der Waals surface area contributed by atoms with E-state index >= 15 is 0 Å². The zero-order valence-electron chi connectivity index (χ0n) is 12.5. The van der Waals surface area contributed by atoms with E-state index in [0.29, 0.717) is 5.56 Å². The van der Waals surface area contributed by atoms with E-state index in [4.69, 9.17) is 5.73 Å². The molecule has 8 heteroatoms. The van der Waals surface area contributed by atoms with Crippen molar-refractivity contribution in [2.45, 2.75) is 12.5 Å². The van der Waals surface area contributed by atoms with Crippen LogP contribution >= 0.6 is 0 Å². The number of guanidine groups is 1. The third-order valence-corrected chi connectivity index (χ3v) is 2.98. The lowest BCUT2D eigenvalue weighted by Gasteiger charge is -2.12. The van der Waals surface area contributed by atoms with E-state index in [1.807, 2.05) is 18.2 Å². The highest BCUT2D eigenvalue weighted by molar-refractivity contribution is 5.92. The summed E-state index contributed by atoms with van der Waals surface area (Å²) < 4.78 is 40.0. The minimum absolute atomic E-state index is 0.0366. The summed E-state index contributed by atoms with van der Waals surface area (Å²) in [6.07, 6.45) is -5.75. The smallest absolute Gasteiger partial charge is 0.406 e. The number of nitrogens with zero attached hydrogens (tertiary/aromatic N) is 1. The number of nitrogens with two attached hydrogens (primary N) is 1. The average Bonchev–Trinajstić information content (AvgIpc) is 2.53. The summed E-state index contributed by atoms with van der Waals surface area (Å²) >= 11 is 0. The van der Waals surface area contributed by atoms with Crippen LogP contribution in [0.3, 0.4) is 0 Å². The zero-order valence-corrected chi connectivity index (χ0v) is 12.5. The van der Waals surface area contributed by atoms with Gasteiger partial charge < -0.3 is 20.9 Å². The van der Waals surface area contributed by atoms with Gasteiger partial charge in [0.05, 0.1) is 12.6 Å². The molecule has 0 saturated carbocycles. The minimum Gasteiger partial charge on any atom is -0.406 e. The highest BCUT2D eigenvalue weighted by atomic mass is 19.4. The number of alkyl halides is 3. The van der Waals surface area contributed by atoms with Crippen LogP contribution in [-0.2, 0) is 0 Å². The first-order valence-corrected chi connectivity index (χ1v) is 6.99. The van der Waals surface area contributed by atoms with Crippen LogP contribution in [0.2, 0.25) is 0 Å². The number of anilines is 1. The standard InChI is InChI=1S/C16H16F3N3O2/c17-16(18,19)24-13-8-6-11(7-9-13)14(23)10-21-15(20)22-12-4-2-1-3-5-12/h1-9,14,23H,10H2,(H3,20,21,22). The molecule has 4 N–H and O–H groups in total. The molecule has 0 fully saturated rings. The van der Waals surface area contributed by atoms with Crippen LogP contribution in [0.4, 0.5) is 18.9 Å². The number of aliphatic imine (C=N–C) groups is 1. The van der Waals surface area contributed by atoms with Crippen LogP contribution in [0.15, 0.2) is 59.6 Å². The summed E-state index contributed by atoms with van der Waals surface area (Å²) in [5, 5.41) is 12.9. The Morgan fingerprint density at radius 2 is 1.75 bits per heavy atom. The number of rotatable bonds is 5. The number of benzene rings is 2. The predicted molar refractivity (Wildman–Crippen MR) is 84.6 cm³/mol. The third kappa shape index (κ3) is 5.81. The van der Waals surface area contributed by atoms with Crippen molar-refractivity contribution in [1.82, 2.24) is 0 Å². The lowest BCUT2D eigenvalue weighted by Crippen LogP contribution is -2.23. The third-order valence-electron chi connectivity index (χ3n) is 2.98. The number of hydrogen-bond acceptors (Lipinski definition) is 3. The molecule has 0 saturated heterocycles. The summed E-state index contributed by atoms with van der Waals surface area (Å²) in [7, 11) is 0. The lowest BCUT2D eigenvalue weighted by atomic mass is 10.1. The number of hydrogen-bond donors (Lipinski definition) is 3. The van der Waals surface area contributed by atoms with Gasteiger partial charge in [-0.1, -0.05) is 30.3 Å². The van der Waals surface area contributed by atoms with Crippen LogP contribution < -0.4 is 15.8 Å². The predicted octanol–water partition coefficient (Wildman–Crippen LogP) is 3.05. The van der Waals surface area contributed by atoms with Gasteiger partial charge in [0, 0.05) is 5.69 Å². The molecular weight excluding hydrogens is 323 g/mol. The molecule has 128 valence electrons. The summed E-state index contributed by atoms with van der Waals surface area (Å²) in [6, 6.07) is 14.0. The topological polar surface area (TPSA) is 79.9 Å². The molecule has 0 radical (unpaired) electrons. The van der Waals surface area contributed by atoms with E-state index in [9.17, 15) is 18.3 Å². The summed E-state index contributed by atoms with van der Waals surface area (Å²) in [5.74, 6) is -0.232. The maximum absolute atomic E-state index is 12.1. The van der Waals surface area contributed by atoms with E-state index < -0.39 is 12.5 Å². The maximum Gasteiger partial charge on any atom is 0.573 e. The van der Waals surface area contributed by atoms with E-state index in [1.54, 1.807) is 12.1 Å². The first-order valence-electron chi connectivity index (χ1n) is 6.99. The fourth-order valence-corrected chi connectivity index (χ4v) is 1.89. The molecule has 24 heavy (non-hydrogen) atoms. The largest absolute Gasteiger partial charge is 0.573 e. The van der Waals surface area contributed by atoms with Crippen LogP contribution in [0.1, 0.15) is 11.7 Å². The van der Waals surface area contributed by atoms with Crippen molar-refractivity contribution in [3.8, 4) is 5.75 Å². The first-order chi connectivity index (χ1) is 11.3. The lowest BCUT2D eigenvalue weighted by molar-refractivity contribution is -0.274. The molecule has 0 aromatic heterocycles. The van der Waals surface area contributed by atoms with Gasteiger partial charge in [0.15, 0.2) is 5.96 Å². The molecule has 0 aliphatic carbocycles. The van der Waals surface area contributed by atoms with Crippen molar-refractivity contribution in [1.29, 1.82) is 0 Å². The van der Waals surface area contributed by atoms with E-state index in [0.717, 1.165) is 17.8 Å². The molecule has 2 aromatic rings. The Balaban J connectivity index is 1.92. The van der Waals surface area contributed by atoms with Gasteiger partial charge in [-0.05, 0) is 29.8 Å². The Hall–Kier alpha value is -2.74. The second-order valence-corrected chi connectivity index (χ2v) is 4.85. The fraction of sp³-hybridized carbons (Fsp3) is 0.188. The average molecular weight is 339 g/mol. The Labute approximate surface area is 136 Å². The molecule has 2 rings (SSSR count). The highest BCUT2D eigenvalue weighted by Crippen LogP contribution is 2.24. The SMILES string of the molecule is NC(=NCC(O)c1ccc(OC(F)(F)F)cc1)Nc1ccccc1. The van der Waals surface area contributed by atoms with Crippen LogP contribution in [-0.4, -0.2) is 24.0 Å². The van der Waals surface area contributed by atoms with Gasteiger partial charge in [-0.15, -0.1) is 13.2 Å². The number of aliphatic hydroxyl groups is 1. The summed E-state index contributed by atoms with van der Waals surface area (Å²) in [4.78, 5) is 4.00. The molecule has 5 nitrogen and oxygen atoms in total. The van der Waals surface area contributed by atoms with Gasteiger partial charge >= 0.3 is 6.36 Å². The Morgan fingerprint density at radius 1 is 1.12 bits per heavy atom. The number of halogens is 3. The Bertz CT molecular complexity index is 673. The second kappa shape index (κ2) is 7.69. The summed E-state index contributed by atoms with van der Waals surface area (Å²) in [5.41, 5.74) is 6.86. The zero-order chi connectivity index (χ0) is 17.6. The van der Waals surface area contributed by atoms with Crippen molar-refractivity contribution in [3.05, 3.63) is 60.2 Å². The minimum atomic E-state index is -4.75. The van der Waals surface area contributed by atoms with Crippen molar-refractivity contribution >= 4 is 11.6 Å². The molecule has 0 aliphatic rings. The molecule has 0 heterocycles. The normalized spacial score (nSPS) is 13.4. The van der Waals surface area contributed by atoms with Crippen LogP contribution in [0, 0.1) is 0 Å². The molecule has 0 bridgehead atoms. The van der Waals surface area contributed by atoms with Gasteiger partial charge in [0.2, 0.25) is 0 Å². The Morgan fingerprint density at radius 3 is 2.33 bits per heavy atom. The maximum atomic E-state index is 12.1. The molecule has 0 amide bonds. The molecule has 0 aliphatic heterocycles. The van der Waals surface area contributed by atoms with Crippen LogP contribution in [0.25, 0.3) is 0 Å². The monoisotopic (exact) mass is 339 g/mol. The van der Waals surface area contributed by atoms with Gasteiger partial charge in [-0.2, -0.15) is 0 Å². The first kappa shape index (κ1) is 17.6. The quantitative estimate of drug-likeness (QED) is 0.578. The molecule has 1 atom stereocenters. The summed E-state index contributed by atoms with van der Waals surface area (Å²) in [6.45, 7) is -0.0366. The second-order valence-electron chi connectivity index (χ2n) is 4.85. The Kier molecular flexibility index (Phi) is 5.64. The van der Waals surface area contributed by atoms with Gasteiger partial charge in [0.25, 0.3) is 0 Å². The highest BCUT2D eigenvalue weighted by Gasteiger charge is 2.31. The van der Waals surface area contributed by atoms with Crippen molar-refractivity contribution < 1.29 is 23.0 Å². The molecule has 1 unspecified atom stereocenters. The fourth-order valence-electron chi connectivity index (χ4n) is 1.89. The van der Waals surface area contributed by atoms with Crippen molar-refractivity contribution in [3.63, 3.8) is 0 Å². The van der Waals surface area contributed by atoms with E-state index in [1.165, 1.54) is 12.1 Å². The van der Waals surface area contributed by atoms with Crippen LogP contribution in [0.5, 0.6) is 5.75 Å². The molecular formula is C16H16F3N3O2. The number of para-hydroxylation sites is 1. The number of ether oxygens (including phenoxy) is 1.